The molecule has 1 fully saturated rings. The van der Waals surface area contributed by atoms with Crippen LogP contribution in [0, 0.1) is 17.7 Å². The fraction of sp³-hybridized carbons (Fsp3) is 0.333. The number of amides is 1. The molecule has 2 N–H and O–H groups in total. The molecular weight excluding hydrogens is 537 g/mol. The Kier molecular flexibility index (Phi) is 6.94. The number of alkyl carbamates (subject to hydrolysis) is 1. The van der Waals surface area contributed by atoms with Crippen LogP contribution in [0.15, 0.2) is 48.5 Å². The lowest BCUT2D eigenvalue weighted by molar-refractivity contribution is -0.141. The molecule has 4 atom stereocenters. The third kappa shape index (κ3) is 4.81. The third-order valence-corrected chi connectivity index (χ3v) is 7.86. The van der Waals surface area contributed by atoms with Gasteiger partial charge in [-0.2, -0.15) is 0 Å². The predicted molar refractivity (Wildman–Crippen MR) is 141 cm³/mol. The Labute approximate surface area is 234 Å². The summed E-state index contributed by atoms with van der Waals surface area (Å²) in [5.41, 5.74) is 2.93. The van der Waals surface area contributed by atoms with E-state index in [9.17, 15) is 19.1 Å². The van der Waals surface area contributed by atoms with Crippen molar-refractivity contribution in [2.75, 3.05) is 34.2 Å². The standard InChI is InChI=1S/C30H28FNO9/c1-36-23-9-16(10-24(37-2)28(23)33)25-18-11-21-22(41-14-40-21)12-19(18)27(20-13-39-29(34)26(20)25)32-30(35)38-8-7-15-3-5-17(31)6-4-15/h3-6,9-12,20,25-27,33H,7-8,13-14H2,1-2H3,(H,32,35)/t20-,25+,26-,27+/m0/s1. The number of hydrogen-bond acceptors (Lipinski definition) is 9. The van der Waals surface area contributed by atoms with Crippen LogP contribution >= 0.6 is 0 Å². The molecule has 11 heteroatoms. The van der Waals surface area contributed by atoms with E-state index in [4.69, 9.17) is 28.4 Å². The highest BCUT2D eigenvalue weighted by molar-refractivity contribution is 5.80. The summed E-state index contributed by atoms with van der Waals surface area (Å²) in [6.45, 7) is 0.209. The first-order valence-corrected chi connectivity index (χ1v) is 13.1. The van der Waals surface area contributed by atoms with Crippen LogP contribution in [-0.2, 0) is 20.7 Å². The minimum Gasteiger partial charge on any atom is -0.502 e. The number of phenolic OH excluding ortho intramolecular Hbond substituents is 1. The molecule has 0 unspecified atom stereocenters. The second-order valence-corrected chi connectivity index (χ2v) is 10.0. The van der Waals surface area contributed by atoms with Gasteiger partial charge < -0.3 is 38.8 Å². The summed E-state index contributed by atoms with van der Waals surface area (Å²) >= 11 is 0. The minimum atomic E-state index is -0.675. The number of esters is 1. The highest BCUT2D eigenvalue weighted by atomic mass is 19.1. The van der Waals surface area contributed by atoms with E-state index in [2.05, 4.69) is 5.32 Å². The largest absolute Gasteiger partial charge is 0.502 e. The molecule has 3 aromatic carbocycles. The van der Waals surface area contributed by atoms with Gasteiger partial charge in [-0.25, -0.2) is 9.18 Å². The summed E-state index contributed by atoms with van der Waals surface area (Å²) < 4.78 is 46.3. The summed E-state index contributed by atoms with van der Waals surface area (Å²) in [4.78, 5) is 26.2. The van der Waals surface area contributed by atoms with Gasteiger partial charge in [0.15, 0.2) is 23.0 Å². The molecule has 6 rings (SSSR count). The van der Waals surface area contributed by atoms with Gasteiger partial charge in [0, 0.05) is 18.3 Å². The molecule has 0 saturated carbocycles. The molecule has 0 spiro atoms. The Morgan fingerprint density at radius 3 is 2.32 bits per heavy atom. The minimum absolute atomic E-state index is 0.0438. The molecule has 41 heavy (non-hydrogen) atoms. The molecule has 214 valence electrons. The zero-order chi connectivity index (χ0) is 28.7. The van der Waals surface area contributed by atoms with Crippen molar-refractivity contribution < 1.29 is 47.5 Å². The molecular formula is C30H28FNO9. The number of fused-ring (bicyclic) bond motifs is 3. The van der Waals surface area contributed by atoms with Crippen LogP contribution in [0.3, 0.4) is 0 Å². The number of rotatable bonds is 7. The van der Waals surface area contributed by atoms with Crippen molar-refractivity contribution in [2.24, 2.45) is 11.8 Å². The van der Waals surface area contributed by atoms with Crippen LogP contribution in [0.1, 0.15) is 34.2 Å². The number of ether oxygens (including phenoxy) is 6. The van der Waals surface area contributed by atoms with E-state index in [1.165, 1.54) is 26.4 Å². The molecule has 2 aliphatic heterocycles. The lowest BCUT2D eigenvalue weighted by Crippen LogP contribution is -2.43. The van der Waals surface area contributed by atoms with Gasteiger partial charge in [0.05, 0.1) is 39.4 Å². The van der Waals surface area contributed by atoms with Crippen LogP contribution in [0.25, 0.3) is 0 Å². The van der Waals surface area contributed by atoms with Gasteiger partial charge in [-0.15, -0.1) is 0 Å². The van der Waals surface area contributed by atoms with Crippen LogP contribution in [0.4, 0.5) is 9.18 Å². The summed E-state index contributed by atoms with van der Waals surface area (Å²) in [5, 5.41) is 13.5. The molecule has 1 aliphatic carbocycles. The van der Waals surface area contributed by atoms with E-state index >= 15 is 0 Å². The van der Waals surface area contributed by atoms with E-state index in [0.29, 0.717) is 23.5 Å². The predicted octanol–water partition coefficient (Wildman–Crippen LogP) is 4.22. The van der Waals surface area contributed by atoms with Gasteiger partial charge in [0.25, 0.3) is 0 Å². The Hall–Kier alpha value is -4.67. The van der Waals surface area contributed by atoms with Crippen LogP contribution in [0.5, 0.6) is 28.7 Å². The molecule has 0 aromatic heterocycles. The van der Waals surface area contributed by atoms with Crippen molar-refractivity contribution >= 4 is 12.1 Å². The summed E-state index contributed by atoms with van der Waals surface area (Å²) in [5.74, 6) is -1.14. The fourth-order valence-electron chi connectivity index (χ4n) is 5.92. The zero-order valence-electron chi connectivity index (χ0n) is 22.3. The van der Waals surface area contributed by atoms with Crippen molar-refractivity contribution in [2.45, 2.75) is 18.4 Å². The summed E-state index contributed by atoms with van der Waals surface area (Å²) in [6.07, 6.45) is -0.251. The molecule has 10 nitrogen and oxygen atoms in total. The fourth-order valence-corrected chi connectivity index (χ4v) is 5.92. The lowest BCUT2D eigenvalue weighted by Gasteiger charge is -2.39. The molecule has 1 saturated heterocycles. The van der Waals surface area contributed by atoms with Gasteiger partial charge in [-0.05, 0) is 58.7 Å². The van der Waals surface area contributed by atoms with Crippen molar-refractivity contribution in [3.05, 3.63) is 76.6 Å². The quantitative estimate of drug-likeness (QED) is 0.406. The van der Waals surface area contributed by atoms with E-state index in [1.54, 1.807) is 24.3 Å². The Morgan fingerprint density at radius 2 is 1.66 bits per heavy atom. The number of phenols is 1. The molecule has 0 bridgehead atoms. The maximum absolute atomic E-state index is 13.2. The Balaban J connectivity index is 1.35. The molecule has 0 radical (unpaired) electrons. The first kappa shape index (κ1) is 26.5. The molecule has 3 aromatic rings. The Morgan fingerprint density at radius 1 is 1.00 bits per heavy atom. The number of halogens is 1. The van der Waals surface area contributed by atoms with Gasteiger partial charge in [0.1, 0.15) is 5.82 Å². The average Bonchev–Trinajstić information content (AvgIpc) is 3.59. The maximum Gasteiger partial charge on any atom is 0.407 e. The SMILES string of the molecule is COc1cc([C@@H]2c3cc4c(cc3[C@@H](NC(=O)OCCc3ccc(F)cc3)[C@H]3COC(=O)[C@H]23)OCO4)cc(OC)c1O. The van der Waals surface area contributed by atoms with Crippen molar-refractivity contribution in [3.63, 3.8) is 0 Å². The van der Waals surface area contributed by atoms with Crippen LogP contribution < -0.4 is 24.3 Å². The second kappa shape index (κ2) is 10.7. The lowest BCUT2D eigenvalue weighted by atomic mass is 9.65. The summed E-state index contributed by atoms with van der Waals surface area (Å²) in [6, 6.07) is 12.3. The molecule has 3 aliphatic rings. The smallest absolute Gasteiger partial charge is 0.407 e. The van der Waals surface area contributed by atoms with Crippen molar-refractivity contribution in [1.29, 1.82) is 0 Å². The van der Waals surface area contributed by atoms with Gasteiger partial charge in [-0.3, -0.25) is 4.79 Å². The highest BCUT2D eigenvalue weighted by Crippen LogP contribution is 2.55. The molecule has 1 amide bonds. The first-order valence-electron chi connectivity index (χ1n) is 13.1. The van der Waals surface area contributed by atoms with Crippen molar-refractivity contribution in [1.82, 2.24) is 5.32 Å². The summed E-state index contributed by atoms with van der Waals surface area (Å²) in [7, 11) is 2.86. The zero-order valence-corrected chi connectivity index (χ0v) is 22.3. The normalized spacial score (nSPS) is 21.9. The number of cyclic esters (lactones) is 1. The number of hydrogen-bond donors (Lipinski definition) is 2. The first-order chi connectivity index (χ1) is 19.9. The van der Waals surface area contributed by atoms with Crippen LogP contribution in [0.2, 0.25) is 0 Å². The number of aromatic hydroxyl groups is 1. The van der Waals surface area contributed by atoms with Crippen LogP contribution in [-0.4, -0.2) is 51.4 Å². The highest BCUT2D eigenvalue weighted by Gasteiger charge is 2.53. The number of methoxy groups -OCH3 is 2. The van der Waals surface area contributed by atoms with E-state index in [1.807, 2.05) is 12.1 Å². The van der Waals surface area contributed by atoms with Gasteiger partial charge in [-0.1, -0.05) is 12.1 Å². The van der Waals surface area contributed by atoms with Crippen molar-refractivity contribution in [3.8, 4) is 28.7 Å². The number of benzene rings is 3. The third-order valence-electron chi connectivity index (χ3n) is 7.86. The Bertz CT molecular complexity index is 1470. The average molecular weight is 566 g/mol. The maximum atomic E-state index is 13.2. The van der Waals surface area contributed by atoms with E-state index < -0.39 is 35.9 Å². The van der Waals surface area contributed by atoms with Gasteiger partial charge in [0.2, 0.25) is 12.5 Å². The number of nitrogens with one attached hydrogen (secondary N) is 1. The monoisotopic (exact) mass is 565 g/mol. The molecule has 2 heterocycles. The van der Waals surface area contributed by atoms with E-state index in [0.717, 1.165) is 16.7 Å². The second-order valence-electron chi connectivity index (χ2n) is 10.0. The topological polar surface area (TPSA) is 122 Å². The van der Waals surface area contributed by atoms with Gasteiger partial charge >= 0.3 is 12.1 Å². The van der Waals surface area contributed by atoms with E-state index in [-0.39, 0.29) is 43.1 Å². The number of carbonyl (C=O) groups is 2. The number of carbonyl (C=O) groups excluding carboxylic acids is 2.